The van der Waals surface area contributed by atoms with Gasteiger partial charge in [0.1, 0.15) is 21.5 Å². The largest absolute Gasteiger partial charge is 0.383 e. The number of thiazole rings is 1. The molecular formula is C21H17N3S2. The molecule has 0 saturated heterocycles. The Kier molecular flexibility index (Phi) is 4.65. The van der Waals surface area contributed by atoms with Gasteiger partial charge in [-0.15, -0.1) is 11.3 Å². The van der Waals surface area contributed by atoms with Gasteiger partial charge >= 0.3 is 0 Å². The van der Waals surface area contributed by atoms with Crippen LogP contribution in [0.15, 0.2) is 77.1 Å². The fourth-order valence-electron chi connectivity index (χ4n) is 2.56. The lowest BCUT2D eigenvalue weighted by atomic mass is 10.2. The van der Waals surface area contributed by atoms with E-state index in [9.17, 15) is 0 Å². The first-order valence-electron chi connectivity index (χ1n) is 8.22. The molecule has 0 bridgehead atoms. The van der Waals surface area contributed by atoms with Crippen LogP contribution in [0.4, 0.5) is 5.00 Å². The maximum atomic E-state index is 6.25. The van der Waals surface area contributed by atoms with Crippen molar-refractivity contribution in [3.63, 3.8) is 0 Å². The van der Waals surface area contributed by atoms with E-state index in [-0.39, 0.29) is 0 Å². The molecule has 2 aromatic heterocycles. The summed E-state index contributed by atoms with van der Waals surface area (Å²) >= 11 is 3.23. The van der Waals surface area contributed by atoms with Crippen LogP contribution in [0.25, 0.3) is 21.1 Å². The molecule has 0 aliphatic heterocycles. The first-order valence-corrected chi connectivity index (χ1v) is 9.91. The van der Waals surface area contributed by atoms with E-state index in [1.54, 1.807) is 22.7 Å². The molecule has 0 atom stereocenters. The number of rotatable bonds is 4. The maximum Gasteiger partial charge on any atom is 0.147 e. The average molecular weight is 376 g/mol. The van der Waals surface area contributed by atoms with Crippen molar-refractivity contribution < 1.29 is 0 Å². The quantitative estimate of drug-likeness (QED) is 0.357. The standard InChI is InChI=1S/C21H17N3S2/c1-14-9-11-16(12-10-14)20-23-18(17-8-5-13-25-17)21(26-20)24-19(22)15-6-3-2-4-7-15/h2-13H,1H3,(H2,22,24). The molecule has 0 unspecified atom stereocenters. The topological polar surface area (TPSA) is 51.3 Å². The fourth-order valence-corrected chi connectivity index (χ4v) is 4.31. The van der Waals surface area contributed by atoms with Crippen LogP contribution in [0.1, 0.15) is 11.1 Å². The Morgan fingerprint density at radius 3 is 2.42 bits per heavy atom. The third kappa shape index (κ3) is 3.45. The number of nitrogens with zero attached hydrogens (tertiary/aromatic N) is 2. The van der Waals surface area contributed by atoms with Gasteiger partial charge in [0.05, 0.1) is 4.88 Å². The molecule has 0 saturated carbocycles. The van der Waals surface area contributed by atoms with E-state index in [2.05, 4.69) is 37.3 Å². The van der Waals surface area contributed by atoms with Crippen LogP contribution in [0, 0.1) is 6.92 Å². The highest BCUT2D eigenvalue weighted by Crippen LogP contribution is 2.41. The molecule has 3 nitrogen and oxygen atoms in total. The minimum Gasteiger partial charge on any atom is -0.383 e. The van der Waals surface area contributed by atoms with Gasteiger partial charge in [-0.3, -0.25) is 0 Å². The number of aromatic nitrogens is 1. The van der Waals surface area contributed by atoms with Gasteiger partial charge in [-0.1, -0.05) is 77.6 Å². The summed E-state index contributed by atoms with van der Waals surface area (Å²) in [6.45, 7) is 2.08. The van der Waals surface area contributed by atoms with Gasteiger partial charge in [0.2, 0.25) is 0 Å². The zero-order valence-corrected chi connectivity index (χ0v) is 15.8. The number of hydrogen-bond donors (Lipinski definition) is 1. The summed E-state index contributed by atoms with van der Waals surface area (Å²) in [6, 6.07) is 22.3. The van der Waals surface area contributed by atoms with Gasteiger partial charge < -0.3 is 5.73 Å². The van der Waals surface area contributed by atoms with E-state index in [1.165, 1.54) is 5.56 Å². The summed E-state index contributed by atoms with van der Waals surface area (Å²) in [4.78, 5) is 10.7. The van der Waals surface area contributed by atoms with Crippen molar-refractivity contribution >= 4 is 33.5 Å². The summed E-state index contributed by atoms with van der Waals surface area (Å²) in [7, 11) is 0. The lowest BCUT2D eigenvalue weighted by Crippen LogP contribution is -2.12. The zero-order chi connectivity index (χ0) is 17.9. The fraction of sp³-hybridized carbons (Fsp3) is 0.0476. The van der Waals surface area contributed by atoms with Gasteiger partial charge in [-0.25, -0.2) is 9.98 Å². The van der Waals surface area contributed by atoms with E-state index in [1.807, 2.05) is 41.8 Å². The van der Waals surface area contributed by atoms with Crippen molar-refractivity contribution in [1.29, 1.82) is 0 Å². The molecule has 0 radical (unpaired) electrons. The van der Waals surface area contributed by atoms with Crippen molar-refractivity contribution in [2.24, 2.45) is 10.7 Å². The molecule has 0 fully saturated rings. The molecule has 0 amide bonds. The third-order valence-electron chi connectivity index (χ3n) is 3.95. The molecule has 26 heavy (non-hydrogen) atoms. The molecule has 128 valence electrons. The van der Waals surface area contributed by atoms with E-state index in [0.717, 1.165) is 31.7 Å². The molecule has 4 rings (SSSR count). The Hall–Kier alpha value is -2.76. The second kappa shape index (κ2) is 7.23. The number of nitrogens with two attached hydrogens (primary N) is 1. The lowest BCUT2D eigenvalue weighted by Gasteiger charge is -2.00. The number of benzene rings is 2. The van der Waals surface area contributed by atoms with Crippen molar-refractivity contribution in [2.75, 3.05) is 0 Å². The number of aryl methyl sites for hydroxylation is 1. The molecule has 0 aliphatic rings. The summed E-state index contributed by atoms with van der Waals surface area (Å²) in [5, 5.41) is 3.84. The molecule has 2 N–H and O–H groups in total. The number of thiophene rings is 1. The Morgan fingerprint density at radius 2 is 1.73 bits per heavy atom. The highest BCUT2D eigenvalue weighted by molar-refractivity contribution is 7.20. The van der Waals surface area contributed by atoms with Crippen LogP contribution < -0.4 is 5.73 Å². The Bertz CT molecular complexity index is 1030. The van der Waals surface area contributed by atoms with Crippen LogP contribution in [0.3, 0.4) is 0 Å². The summed E-state index contributed by atoms with van der Waals surface area (Å²) in [5.41, 5.74) is 10.4. The van der Waals surface area contributed by atoms with Crippen LogP contribution in [0.2, 0.25) is 0 Å². The number of amidine groups is 1. The lowest BCUT2D eigenvalue weighted by molar-refractivity contribution is 1.39. The van der Waals surface area contributed by atoms with Gasteiger partial charge in [0, 0.05) is 11.1 Å². The molecule has 2 heterocycles. The minimum atomic E-state index is 0.502. The molecule has 0 spiro atoms. The van der Waals surface area contributed by atoms with Crippen LogP contribution in [-0.4, -0.2) is 10.8 Å². The first kappa shape index (κ1) is 16.7. The Morgan fingerprint density at radius 1 is 0.962 bits per heavy atom. The first-order chi connectivity index (χ1) is 12.7. The number of aliphatic imine (C=N–C) groups is 1. The maximum absolute atomic E-state index is 6.25. The minimum absolute atomic E-state index is 0.502. The van der Waals surface area contributed by atoms with E-state index >= 15 is 0 Å². The highest BCUT2D eigenvalue weighted by atomic mass is 32.1. The van der Waals surface area contributed by atoms with Crippen molar-refractivity contribution in [3.05, 3.63) is 83.2 Å². The smallest absolute Gasteiger partial charge is 0.147 e. The SMILES string of the molecule is Cc1ccc(-c2nc(-c3cccs3)c(/N=C(\N)c3ccccc3)s2)cc1. The molecule has 5 heteroatoms. The predicted octanol–water partition coefficient (Wildman–Crippen LogP) is 5.88. The summed E-state index contributed by atoms with van der Waals surface area (Å²) in [6.07, 6.45) is 0. The van der Waals surface area contributed by atoms with Crippen LogP contribution >= 0.6 is 22.7 Å². The summed E-state index contributed by atoms with van der Waals surface area (Å²) < 4.78 is 0. The second-order valence-corrected chi connectivity index (χ2v) is 7.80. The normalized spacial score (nSPS) is 11.7. The molecule has 2 aromatic carbocycles. The highest BCUT2D eigenvalue weighted by Gasteiger charge is 2.15. The second-order valence-electron chi connectivity index (χ2n) is 5.88. The molecular weight excluding hydrogens is 358 g/mol. The van der Waals surface area contributed by atoms with Crippen LogP contribution in [0.5, 0.6) is 0 Å². The van der Waals surface area contributed by atoms with E-state index in [4.69, 9.17) is 15.7 Å². The average Bonchev–Trinajstić information content (AvgIpc) is 3.33. The third-order valence-corrected chi connectivity index (χ3v) is 5.83. The monoisotopic (exact) mass is 375 g/mol. The van der Waals surface area contributed by atoms with Crippen molar-refractivity contribution in [1.82, 2.24) is 4.98 Å². The van der Waals surface area contributed by atoms with Crippen molar-refractivity contribution in [3.8, 4) is 21.1 Å². The van der Waals surface area contributed by atoms with Gasteiger partial charge in [-0.05, 0) is 18.4 Å². The Labute approximate surface area is 160 Å². The summed E-state index contributed by atoms with van der Waals surface area (Å²) in [5.74, 6) is 0.502. The van der Waals surface area contributed by atoms with Crippen LogP contribution in [-0.2, 0) is 0 Å². The molecule has 4 aromatic rings. The number of hydrogen-bond acceptors (Lipinski definition) is 4. The van der Waals surface area contributed by atoms with E-state index in [0.29, 0.717) is 5.84 Å². The van der Waals surface area contributed by atoms with Gasteiger partial charge in [0.25, 0.3) is 0 Å². The van der Waals surface area contributed by atoms with Gasteiger partial charge in [0.15, 0.2) is 0 Å². The molecule has 0 aliphatic carbocycles. The Balaban J connectivity index is 1.81. The zero-order valence-electron chi connectivity index (χ0n) is 14.2. The van der Waals surface area contributed by atoms with E-state index < -0.39 is 0 Å². The van der Waals surface area contributed by atoms with Gasteiger partial charge in [-0.2, -0.15) is 0 Å². The van der Waals surface area contributed by atoms with Crippen molar-refractivity contribution in [2.45, 2.75) is 6.92 Å². The predicted molar refractivity (Wildman–Crippen MR) is 112 cm³/mol.